The zero-order valence-corrected chi connectivity index (χ0v) is 13.0. The molecule has 21 heavy (non-hydrogen) atoms. The van der Waals surface area contributed by atoms with Crippen LogP contribution in [0.15, 0.2) is 36.5 Å². The first kappa shape index (κ1) is 13.2. The molecule has 0 saturated carbocycles. The van der Waals surface area contributed by atoms with E-state index in [1.165, 1.54) is 28.5 Å². The molecule has 1 fully saturated rings. The normalized spacial score (nSPS) is 28.4. The Balaban J connectivity index is 1.84. The molecule has 0 spiro atoms. The lowest BCUT2D eigenvalue weighted by Crippen LogP contribution is -2.33. The molecule has 1 aromatic heterocycles. The van der Waals surface area contributed by atoms with Gasteiger partial charge in [0.15, 0.2) is 0 Å². The lowest BCUT2D eigenvalue weighted by molar-refractivity contribution is 0.579. The van der Waals surface area contributed by atoms with Gasteiger partial charge in [-0.3, -0.25) is 9.19 Å². The molecule has 3 unspecified atom stereocenters. The van der Waals surface area contributed by atoms with Crippen LogP contribution in [0.1, 0.15) is 36.8 Å². The van der Waals surface area contributed by atoms with Gasteiger partial charge in [-0.2, -0.15) is 0 Å². The molecular weight excluding hydrogens is 278 g/mol. The molecule has 1 aromatic carbocycles. The van der Waals surface area contributed by atoms with Gasteiger partial charge in [-0.1, -0.05) is 30.7 Å². The van der Waals surface area contributed by atoms with Crippen LogP contribution < -0.4 is 0 Å². The molecule has 4 rings (SSSR count). The zero-order valence-electron chi connectivity index (χ0n) is 12.2. The van der Waals surface area contributed by atoms with E-state index < -0.39 is 10.8 Å². The fourth-order valence-corrected chi connectivity index (χ4v) is 5.67. The largest absolute Gasteiger partial charge is 0.259 e. The van der Waals surface area contributed by atoms with Crippen molar-refractivity contribution in [3.05, 3.63) is 47.7 Å². The summed E-state index contributed by atoms with van der Waals surface area (Å²) < 4.78 is 12.3. The van der Waals surface area contributed by atoms with E-state index in [0.29, 0.717) is 5.25 Å². The van der Waals surface area contributed by atoms with Gasteiger partial charge in [0.25, 0.3) is 0 Å². The topological polar surface area (TPSA) is 30.0 Å². The zero-order chi connectivity index (χ0) is 14.4. The Morgan fingerprint density at radius 3 is 3.00 bits per heavy atom. The molecule has 108 valence electrons. The number of allylic oxidation sites excluding steroid dienone is 1. The highest BCUT2D eigenvalue weighted by molar-refractivity contribution is 7.86. The van der Waals surface area contributed by atoms with Crippen molar-refractivity contribution in [1.82, 2.24) is 4.98 Å². The smallest absolute Gasteiger partial charge is 0.0737 e. The van der Waals surface area contributed by atoms with Crippen LogP contribution in [0.4, 0.5) is 0 Å². The van der Waals surface area contributed by atoms with E-state index >= 15 is 0 Å². The van der Waals surface area contributed by atoms with Gasteiger partial charge in [0.05, 0.1) is 10.8 Å². The molecule has 2 aromatic rings. The van der Waals surface area contributed by atoms with Crippen LogP contribution in [-0.2, 0) is 10.8 Å². The third kappa shape index (κ3) is 2.15. The number of hydrogen-bond acceptors (Lipinski definition) is 2. The van der Waals surface area contributed by atoms with E-state index in [0.717, 1.165) is 24.8 Å². The minimum absolute atomic E-state index is 0.270. The molecule has 2 aliphatic rings. The maximum Gasteiger partial charge on any atom is 0.0737 e. The van der Waals surface area contributed by atoms with E-state index in [1.54, 1.807) is 0 Å². The molecule has 0 amide bonds. The van der Waals surface area contributed by atoms with Crippen LogP contribution in [0.2, 0.25) is 0 Å². The molecular formula is C18H19NOS. The number of aryl methyl sites for hydroxylation is 1. The van der Waals surface area contributed by atoms with Crippen molar-refractivity contribution >= 4 is 27.3 Å². The van der Waals surface area contributed by atoms with Crippen LogP contribution in [0, 0.1) is 6.92 Å². The predicted octanol–water partition coefficient (Wildman–Crippen LogP) is 4.00. The molecule has 0 N–H and O–H groups in total. The van der Waals surface area contributed by atoms with Crippen LogP contribution in [-0.4, -0.2) is 19.7 Å². The number of pyridine rings is 1. The number of aromatic nitrogens is 1. The molecule has 2 nitrogen and oxygen atoms in total. The SMILES string of the molecule is Cc1c(C2=CC3CCCC(C2)S3=O)ccc2cccnc12. The Hall–Kier alpha value is -1.48. The third-order valence-electron chi connectivity index (χ3n) is 4.85. The monoisotopic (exact) mass is 297 g/mol. The number of nitrogens with zero attached hydrogens (tertiary/aromatic N) is 1. The minimum Gasteiger partial charge on any atom is -0.259 e. The van der Waals surface area contributed by atoms with Gasteiger partial charge in [-0.05, 0) is 49.0 Å². The summed E-state index contributed by atoms with van der Waals surface area (Å²) in [6, 6.07) is 8.47. The number of hydrogen-bond donors (Lipinski definition) is 0. The van der Waals surface area contributed by atoms with E-state index in [9.17, 15) is 4.21 Å². The van der Waals surface area contributed by atoms with Crippen LogP contribution in [0.25, 0.3) is 16.5 Å². The van der Waals surface area contributed by atoms with Crippen molar-refractivity contribution in [2.45, 2.75) is 43.1 Å². The molecule has 1 saturated heterocycles. The molecule has 3 atom stereocenters. The summed E-state index contributed by atoms with van der Waals surface area (Å²) in [4.78, 5) is 4.54. The molecule has 3 heterocycles. The number of benzene rings is 1. The van der Waals surface area contributed by atoms with Gasteiger partial charge in [0.1, 0.15) is 0 Å². The average Bonchev–Trinajstić information content (AvgIpc) is 2.48. The van der Waals surface area contributed by atoms with Crippen LogP contribution in [0.5, 0.6) is 0 Å². The molecule has 2 bridgehead atoms. The first-order chi connectivity index (χ1) is 10.2. The van der Waals surface area contributed by atoms with Gasteiger partial charge in [0.2, 0.25) is 0 Å². The van der Waals surface area contributed by atoms with Crippen LogP contribution >= 0.6 is 0 Å². The first-order valence-corrected chi connectivity index (χ1v) is 8.96. The molecule has 3 heteroatoms. The van der Waals surface area contributed by atoms with Gasteiger partial charge in [-0.15, -0.1) is 0 Å². The first-order valence-electron chi connectivity index (χ1n) is 7.69. The third-order valence-corrected chi connectivity index (χ3v) is 6.88. The summed E-state index contributed by atoms with van der Waals surface area (Å²) in [5, 5.41) is 1.83. The van der Waals surface area contributed by atoms with Crippen molar-refractivity contribution in [2.75, 3.05) is 0 Å². The Labute approximate surface area is 127 Å². The standard InChI is InChI=1S/C18H19NOS/c1-12-17(8-7-13-4-3-9-19-18(12)13)14-10-15-5-2-6-16(11-14)21(15)20/h3-4,7-10,15-16H,2,5-6,11H2,1H3. The Bertz CT molecular complexity index is 765. The Morgan fingerprint density at radius 1 is 1.24 bits per heavy atom. The number of rotatable bonds is 1. The van der Waals surface area contributed by atoms with E-state index in [1.807, 2.05) is 12.3 Å². The van der Waals surface area contributed by atoms with Crippen molar-refractivity contribution in [1.29, 1.82) is 0 Å². The van der Waals surface area contributed by atoms with Crippen molar-refractivity contribution in [2.24, 2.45) is 0 Å². The lowest BCUT2D eigenvalue weighted by Gasteiger charge is -2.33. The van der Waals surface area contributed by atoms with E-state index in [2.05, 4.69) is 36.2 Å². The van der Waals surface area contributed by atoms with Crippen molar-refractivity contribution < 1.29 is 4.21 Å². The highest BCUT2D eigenvalue weighted by atomic mass is 32.2. The summed E-state index contributed by atoms with van der Waals surface area (Å²) in [7, 11) is -0.656. The highest BCUT2D eigenvalue weighted by Crippen LogP contribution is 2.38. The molecule has 2 aliphatic heterocycles. The predicted molar refractivity (Wildman–Crippen MR) is 88.6 cm³/mol. The van der Waals surface area contributed by atoms with Gasteiger partial charge in [0, 0.05) is 27.6 Å². The number of fused-ring (bicyclic) bond motifs is 3. The summed E-state index contributed by atoms with van der Waals surface area (Å²) in [6.45, 7) is 2.16. The molecule has 0 radical (unpaired) electrons. The van der Waals surface area contributed by atoms with E-state index in [4.69, 9.17) is 0 Å². The van der Waals surface area contributed by atoms with Crippen molar-refractivity contribution in [3.8, 4) is 0 Å². The van der Waals surface area contributed by atoms with Crippen LogP contribution in [0.3, 0.4) is 0 Å². The highest BCUT2D eigenvalue weighted by Gasteiger charge is 2.33. The molecule has 0 aliphatic carbocycles. The van der Waals surface area contributed by atoms with Gasteiger partial charge in [-0.25, -0.2) is 0 Å². The average molecular weight is 297 g/mol. The fraction of sp³-hybridized carbons (Fsp3) is 0.389. The summed E-state index contributed by atoms with van der Waals surface area (Å²) in [6.07, 6.45) is 8.52. The maximum atomic E-state index is 12.3. The van der Waals surface area contributed by atoms with E-state index in [-0.39, 0.29) is 5.25 Å². The second kappa shape index (κ2) is 5.06. The van der Waals surface area contributed by atoms with Gasteiger partial charge >= 0.3 is 0 Å². The van der Waals surface area contributed by atoms with Gasteiger partial charge < -0.3 is 0 Å². The second-order valence-electron chi connectivity index (χ2n) is 6.13. The lowest BCUT2D eigenvalue weighted by atomic mass is 9.90. The summed E-state index contributed by atoms with van der Waals surface area (Å²) in [5.74, 6) is 0. The summed E-state index contributed by atoms with van der Waals surface area (Å²) >= 11 is 0. The maximum absolute atomic E-state index is 12.3. The Kier molecular flexibility index (Phi) is 3.18. The second-order valence-corrected chi connectivity index (χ2v) is 8.06. The Morgan fingerprint density at radius 2 is 2.14 bits per heavy atom. The quantitative estimate of drug-likeness (QED) is 0.796. The van der Waals surface area contributed by atoms with Crippen molar-refractivity contribution in [3.63, 3.8) is 0 Å². The minimum atomic E-state index is -0.656. The summed E-state index contributed by atoms with van der Waals surface area (Å²) in [5.41, 5.74) is 5.03. The fourth-order valence-electron chi connectivity index (χ4n) is 3.74.